The lowest BCUT2D eigenvalue weighted by molar-refractivity contribution is 0.0950. The molecule has 4 rings (SSSR count). The Kier molecular flexibility index (Phi) is 6.25. The fourth-order valence-electron chi connectivity index (χ4n) is 2.89. The quantitative estimate of drug-likeness (QED) is 0.270. The van der Waals surface area contributed by atoms with Crippen molar-refractivity contribution >= 4 is 17.9 Å². The van der Waals surface area contributed by atoms with E-state index in [2.05, 4.69) is 35.8 Å². The molecule has 2 aromatic carbocycles. The Balaban J connectivity index is 1.65. The molecular weight excluding hydrogens is 428 g/mol. The van der Waals surface area contributed by atoms with Gasteiger partial charge in [0.05, 0.1) is 12.8 Å². The zero-order chi connectivity index (χ0) is 23.2. The molecule has 2 aromatic heterocycles. The third-order valence-corrected chi connectivity index (χ3v) is 4.45. The van der Waals surface area contributed by atoms with Gasteiger partial charge in [0, 0.05) is 5.56 Å². The van der Waals surface area contributed by atoms with Crippen LogP contribution in [0.1, 0.15) is 29.4 Å². The van der Waals surface area contributed by atoms with Crippen LogP contribution in [0.3, 0.4) is 0 Å². The first-order valence-electron chi connectivity index (χ1n) is 9.96. The Labute approximate surface area is 187 Å². The number of phenolic OH excluding ortho intramolecular Hbond substituents is 1. The van der Waals surface area contributed by atoms with Crippen LogP contribution in [0.4, 0.5) is 5.82 Å². The highest BCUT2D eigenvalue weighted by atomic mass is 16.6. The highest BCUT2D eigenvalue weighted by Crippen LogP contribution is 2.28. The summed E-state index contributed by atoms with van der Waals surface area (Å²) in [5.41, 5.74) is 9.84. The molecular formula is C21H20N8O4. The van der Waals surface area contributed by atoms with Crippen molar-refractivity contribution in [3.63, 3.8) is 0 Å². The molecule has 33 heavy (non-hydrogen) atoms. The van der Waals surface area contributed by atoms with Crippen molar-refractivity contribution in [1.82, 2.24) is 30.7 Å². The number of nitrogens with two attached hydrogens (primary N) is 1. The summed E-state index contributed by atoms with van der Waals surface area (Å²) in [7, 11) is 0. The maximum absolute atomic E-state index is 12.9. The molecule has 0 saturated carbocycles. The van der Waals surface area contributed by atoms with Crippen LogP contribution in [0.25, 0.3) is 17.1 Å². The molecule has 0 aliphatic carbocycles. The minimum atomic E-state index is -0.604. The number of ether oxygens (including phenoxy) is 1. The van der Waals surface area contributed by atoms with E-state index in [0.717, 1.165) is 6.42 Å². The molecule has 0 radical (unpaired) electrons. The van der Waals surface area contributed by atoms with Crippen molar-refractivity contribution in [1.29, 1.82) is 0 Å². The van der Waals surface area contributed by atoms with Gasteiger partial charge < -0.3 is 15.6 Å². The topological polar surface area (TPSA) is 167 Å². The number of anilines is 1. The van der Waals surface area contributed by atoms with Crippen LogP contribution in [0.15, 0.2) is 58.3 Å². The number of rotatable bonds is 8. The lowest BCUT2D eigenvalue weighted by Gasteiger charge is -2.08. The van der Waals surface area contributed by atoms with Gasteiger partial charge >= 0.3 is 0 Å². The van der Waals surface area contributed by atoms with Crippen molar-refractivity contribution in [2.45, 2.75) is 13.3 Å². The minimum absolute atomic E-state index is 0.0116. The number of hydrazone groups is 1. The molecule has 0 unspecified atom stereocenters. The monoisotopic (exact) mass is 448 g/mol. The van der Waals surface area contributed by atoms with Gasteiger partial charge in [-0.2, -0.15) is 9.78 Å². The third-order valence-electron chi connectivity index (χ3n) is 4.45. The van der Waals surface area contributed by atoms with Crippen LogP contribution in [0, 0.1) is 0 Å². The number of carbonyl (C=O) groups is 1. The van der Waals surface area contributed by atoms with Crippen LogP contribution < -0.4 is 15.9 Å². The molecule has 168 valence electrons. The van der Waals surface area contributed by atoms with Gasteiger partial charge in [-0.3, -0.25) is 4.79 Å². The SMILES string of the molecule is CCCOc1ccc(-c2c(C(=O)N/N=C/c3ccc(O)cc3)nnn2-c2nonc2N)cc1. The fourth-order valence-corrected chi connectivity index (χ4v) is 2.89. The zero-order valence-corrected chi connectivity index (χ0v) is 17.5. The number of nitrogens with one attached hydrogen (secondary N) is 1. The number of nitrogens with zero attached hydrogens (tertiary/aromatic N) is 6. The summed E-state index contributed by atoms with van der Waals surface area (Å²) < 4.78 is 11.6. The first-order valence-corrected chi connectivity index (χ1v) is 9.96. The summed E-state index contributed by atoms with van der Waals surface area (Å²) >= 11 is 0. The molecule has 0 fully saturated rings. The minimum Gasteiger partial charge on any atom is -0.508 e. The highest BCUT2D eigenvalue weighted by molar-refractivity contribution is 5.98. The van der Waals surface area contributed by atoms with Gasteiger partial charge in [0.2, 0.25) is 11.6 Å². The van der Waals surface area contributed by atoms with E-state index in [9.17, 15) is 9.90 Å². The second-order valence-corrected chi connectivity index (χ2v) is 6.84. The standard InChI is InChI=1S/C21H20N8O4/c1-2-11-32-16-9-5-14(6-10-16)18-17(24-28-29(18)20-19(22)26-33-27-20)21(31)25-23-12-13-3-7-15(30)8-4-13/h3-10,12,30H,2,11H2,1H3,(H2,22,26)(H,25,31)/b23-12+. The van der Waals surface area contributed by atoms with Crippen molar-refractivity contribution in [3.05, 3.63) is 59.8 Å². The van der Waals surface area contributed by atoms with E-state index in [1.807, 2.05) is 6.92 Å². The Bertz CT molecular complexity index is 1260. The second-order valence-electron chi connectivity index (χ2n) is 6.84. The number of carbonyl (C=O) groups excluding carboxylic acids is 1. The van der Waals surface area contributed by atoms with Gasteiger partial charge in [-0.05, 0) is 70.8 Å². The molecule has 12 nitrogen and oxygen atoms in total. The molecule has 12 heteroatoms. The average Bonchev–Trinajstić information content (AvgIpc) is 3.45. The van der Waals surface area contributed by atoms with E-state index in [-0.39, 0.29) is 23.1 Å². The van der Waals surface area contributed by atoms with Crippen molar-refractivity contribution in [2.24, 2.45) is 5.10 Å². The molecule has 4 N–H and O–H groups in total. The molecule has 0 aliphatic rings. The fraction of sp³-hybridized carbons (Fsp3) is 0.143. The normalized spacial score (nSPS) is 11.1. The number of nitrogen functional groups attached to an aromatic ring is 1. The summed E-state index contributed by atoms with van der Waals surface area (Å²) in [5.74, 6) is 0.293. The van der Waals surface area contributed by atoms with Gasteiger partial charge in [-0.15, -0.1) is 5.10 Å². The predicted molar refractivity (Wildman–Crippen MR) is 118 cm³/mol. The van der Waals surface area contributed by atoms with E-state index >= 15 is 0 Å². The van der Waals surface area contributed by atoms with Crippen molar-refractivity contribution in [3.8, 4) is 28.6 Å². The maximum Gasteiger partial charge on any atom is 0.294 e. The number of benzene rings is 2. The van der Waals surface area contributed by atoms with Crippen LogP contribution in [0.2, 0.25) is 0 Å². The highest BCUT2D eigenvalue weighted by Gasteiger charge is 2.25. The summed E-state index contributed by atoms with van der Waals surface area (Å²) in [6.07, 6.45) is 2.31. The molecule has 0 spiro atoms. The number of aromatic hydroxyl groups is 1. The largest absolute Gasteiger partial charge is 0.508 e. The smallest absolute Gasteiger partial charge is 0.294 e. The first kappa shape index (κ1) is 21.5. The van der Waals surface area contributed by atoms with Gasteiger partial charge in [-0.25, -0.2) is 10.1 Å². The Morgan fingerprint density at radius 3 is 2.64 bits per heavy atom. The zero-order valence-electron chi connectivity index (χ0n) is 17.5. The van der Waals surface area contributed by atoms with E-state index in [4.69, 9.17) is 10.5 Å². The van der Waals surface area contributed by atoms with Crippen LogP contribution in [0.5, 0.6) is 11.5 Å². The molecule has 0 aliphatic heterocycles. The van der Waals surface area contributed by atoms with Crippen molar-refractivity contribution in [2.75, 3.05) is 12.3 Å². The van der Waals surface area contributed by atoms with E-state index in [1.54, 1.807) is 36.4 Å². The summed E-state index contributed by atoms with van der Waals surface area (Å²) in [4.78, 5) is 12.9. The third kappa shape index (κ3) is 4.79. The molecule has 2 heterocycles. The van der Waals surface area contributed by atoms with Gasteiger partial charge in [-0.1, -0.05) is 12.1 Å². The van der Waals surface area contributed by atoms with Crippen LogP contribution >= 0.6 is 0 Å². The number of hydrogen-bond donors (Lipinski definition) is 3. The Morgan fingerprint density at radius 1 is 1.21 bits per heavy atom. The first-order chi connectivity index (χ1) is 16.1. The van der Waals surface area contributed by atoms with E-state index in [0.29, 0.717) is 29.2 Å². The Hall–Kier alpha value is -4.74. The number of phenols is 1. The van der Waals surface area contributed by atoms with Crippen LogP contribution in [-0.2, 0) is 0 Å². The molecule has 1 amide bonds. The summed E-state index contributed by atoms with van der Waals surface area (Å²) in [6, 6.07) is 13.4. The summed E-state index contributed by atoms with van der Waals surface area (Å²) in [6.45, 7) is 2.61. The Morgan fingerprint density at radius 2 is 1.97 bits per heavy atom. The average molecular weight is 448 g/mol. The molecule has 0 saturated heterocycles. The second kappa shape index (κ2) is 9.60. The predicted octanol–water partition coefficient (Wildman–Crippen LogP) is 2.16. The van der Waals surface area contributed by atoms with E-state index < -0.39 is 5.91 Å². The van der Waals surface area contributed by atoms with Gasteiger partial charge in [0.25, 0.3) is 5.91 Å². The molecule has 0 atom stereocenters. The molecule has 0 bridgehead atoms. The van der Waals surface area contributed by atoms with E-state index in [1.165, 1.54) is 23.0 Å². The number of aromatic nitrogens is 5. The summed E-state index contributed by atoms with van der Waals surface area (Å²) in [5, 5.41) is 28.6. The number of amides is 1. The number of hydrogen-bond acceptors (Lipinski definition) is 10. The van der Waals surface area contributed by atoms with Gasteiger partial charge in [0.1, 0.15) is 17.2 Å². The van der Waals surface area contributed by atoms with Gasteiger partial charge in [0.15, 0.2) is 5.69 Å². The van der Waals surface area contributed by atoms with Crippen LogP contribution in [-0.4, -0.2) is 49.1 Å². The van der Waals surface area contributed by atoms with Crippen molar-refractivity contribution < 1.29 is 19.3 Å². The molecule has 4 aromatic rings. The maximum atomic E-state index is 12.9. The lowest BCUT2D eigenvalue weighted by Crippen LogP contribution is -2.19. The lowest BCUT2D eigenvalue weighted by atomic mass is 10.1.